The average Bonchev–Trinajstić information content (AvgIpc) is 2.31. The van der Waals surface area contributed by atoms with Gasteiger partial charge in [0.1, 0.15) is 17.8 Å². The number of halogens is 1. The second-order valence-electron chi connectivity index (χ2n) is 3.24. The van der Waals surface area contributed by atoms with Crippen molar-refractivity contribution in [2.24, 2.45) is 0 Å². The number of benzene rings is 1. The standard InChI is InChI=1S/C11H11FN4/c1-14-11-9(13)10(15-6-16-11)7-2-4-8(12)5-3-7/h2-6H,13H2,1H3,(H,14,15,16). The van der Waals surface area contributed by atoms with Crippen molar-refractivity contribution in [3.05, 3.63) is 36.4 Å². The minimum atomic E-state index is -0.287. The fourth-order valence-corrected chi connectivity index (χ4v) is 1.43. The molecule has 0 saturated heterocycles. The fourth-order valence-electron chi connectivity index (χ4n) is 1.43. The summed E-state index contributed by atoms with van der Waals surface area (Å²) in [5.74, 6) is 0.277. The topological polar surface area (TPSA) is 63.8 Å². The molecule has 0 spiro atoms. The van der Waals surface area contributed by atoms with Crippen molar-refractivity contribution in [2.75, 3.05) is 18.1 Å². The molecule has 4 nitrogen and oxygen atoms in total. The Labute approximate surface area is 92.3 Å². The van der Waals surface area contributed by atoms with E-state index in [2.05, 4.69) is 15.3 Å². The van der Waals surface area contributed by atoms with E-state index in [4.69, 9.17) is 5.73 Å². The van der Waals surface area contributed by atoms with Crippen LogP contribution >= 0.6 is 0 Å². The van der Waals surface area contributed by atoms with Gasteiger partial charge in [0.25, 0.3) is 0 Å². The molecule has 1 aromatic carbocycles. The van der Waals surface area contributed by atoms with Crippen LogP contribution in [0.4, 0.5) is 15.9 Å². The molecule has 0 aliphatic rings. The van der Waals surface area contributed by atoms with E-state index in [9.17, 15) is 4.39 Å². The first-order chi connectivity index (χ1) is 7.72. The zero-order chi connectivity index (χ0) is 11.5. The number of hydrogen-bond acceptors (Lipinski definition) is 4. The Kier molecular flexibility index (Phi) is 2.68. The Bertz CT molecular complexity index is 496. The summed E-state index contributed by atoms with van der Waals surface area (Å²) in [6.45, 7) is 0. The van der Waals surface area contributed by atoms with Crippen LogP contribution in [0.5, 0.6) is 0 Å². The predicted molar refractivity (Wildman–Crippen MR) is 61.4 cm³/mol. The number of rotatable bonds is 2. The summed E-state index contributed by atoms with van der Waals surface area (Å²) < 4.78 is 12.8. The molecule has 1 heterocycles. The van der Waals surface area contributed by atoms with Gasteiger partial charge in [-0.3, -0.25) is 0 Å². The molecule has 2 rings (SSSR count). The molecule has 0 atom stereocenters. The maximum absolute atomic E-state index is 12.8. The Balaban J connectivity index is 2.51. The molecule has 0 saturated carbocycles. The van der Waals surface area contributed by atoms with E-state index < -0.39 is 0 Å². The first kappa shape index (κ1) is 10.4. The summed E-state index contributed by atoms with van der Waals surface area (Å²) in [5, 5.41) is 2.87. The first-order valence-corrected chi connectivity index (χ1v) is 4.76. The lowest BCUT2D eigenvalue weighted by atomic mass is 10.1. The van der Waals surface area contributed by atoms with Gasteiger partial charge < -0.3 is 11.1 Å². The lowest BCUT2D eigenvalue weighted by Crippen LogP contribution is -2.02. The zero-order valence-corrected chi connectivity index (χ0v) is 8.74. The minimum Gasteiger partial charge on any atom is -0.394 e. The molecule has 0 radical (unpaired) electrons. The Hall–Kier alpha value is -2.17. The van der Waals surface area contributed by atoms with Crippen molar-refractivity contribution in [1.29, 1.82) is 0 Å². The highest BCUT2D eigenvalue weighted by atomic mass is 19.1. The zero-order valence-electron chi connectivity index (χ0n) is 8.74. The molecule has 82 valence electrons. The molecule has 2 aromatic rings. The van der Waals surface area contributed by atoms with E-state index in [1.807, 2.05) is 0 Å². The van der Waals surface area contributed by atoms with Gasteiger partial charge in [-0.05, 0) is 24.3 Å². The number of aromatic nitrogens is 2. The fraction of sp³-hybridized carbons (Fsp3) is 0.0909. The van der Waals surface area contributed by atoms with E-state index in [-0.39, 0.29) is 5.82 Å². The summed E-state index contributed by atoms with van der Waals surface area (Å²) in [6, 6.07) is 6.01. The van der Waals surface area contributed by atoms with Gasteiger partial charge in [0.05, 0.1) is 5.69 Å². The van der Waals surface area contributed by atoms with Crippen LogP contribution in [-0.2, 0) is 0 Å². The third-order valence-electron chi connectivity index (χ3n) is 2.24. The van der Waals surface area contributed by atoms with E-state index in [1.54, 1.807) is 19.2 Å². The largest absolute Gasteiger partial charge is 0.394 e. The Morgan fingerprint density at radius 1 is 1.19 bits per heavy atom. The van der Waals surface area contributed by atoms with E-state index in [0.717, 1.165) is 5.56 Å². The average molecular weight is 218 g/mol. The Morgan fingerprint density at radius 3 is 2.50 bits per heavy atom. The predicted octanol–water partition coefficient (Wildman–Crippen LogP) is 1.91. The van der Waals surface area contributed by atoms with Crippen molar-refractivity contribution in [3.63, 3.8) is 0 Å². The van der Waals surface area contributed by atoms with Crippen LogP contribution in [0, 0.1) is 5.82 Å². The Morgan fingerprint density at radius 2 is 1.88 bits per heavy atom. The monoisotopic (exact) mass is 218 g/mol. The van der Waals surface area contributed by atoms with Gasteiger partial charge in [-0.15, -0.1) is 0 Å². The normalized spacial score (nSPS) is 10.1. The van der Waals surface area contributed by atoms with Crippen LogP contribution < -0.4 is 11.1 Å². The summed E-state index contributed by atoms with van der Waals surface area (Å²) >= 11 is 0. The number of nitrogens with one attached hydrogen (secondary N) is 1. The van der Waals surface area contributed by atoms with Crippen LogP contribution in [0.25, 0.3) is 11.3 Å². The van der Waals surface area contributed by atoms with Gasteiger partial charge >= 0.3 is 0 Å². The molecule has 16 heavy (non-hydrogen) atoms. The van der Waals surface area contributed by atoms with Gasteiger partial charge in [-0.1, -0.05) is 0 Å². The quantitative estimate of drug-likeness (QED) is 0.808. The number of nitrogen functional groups attached to an aromatic ring is 1. The molecular formula is C11H11FN4. The van der Waals surface area contributed by atoms with E-state index >= 15 is 0 Å². The second-order valence-corrected chi connectivity index (χ2v) is 3.24. The second kappa shape index (κ2) is 4.14. The molecule has 0 aliphatic carbocycles. The van der Waals surface area contributed by atoms with Gasteiger partial charge in [0.2, 0.25) is 0 Å². The highest BCUT2D eigenvalue weighted by molar-refractivity contribution is 5.79. The molecular weight excluding hydrogens is 207 g/mol. The number of nitrogens with two attached hydrogens (primary N) is 1. The van der Waals surface area contributed by atoms with Gasteiger partial charge in [0, 0.05) is 12.6 Å². The third-order valence-corrected chi connectivity index (χ3v) is 2.24. The van der Waals surface area contributed by atoms with Crippen LogP contribution in [0.3, 0.4) is 0 Å². The lowest BCUT2D eigenvalue weighted by molar-refractivity contribution is 0.628. The molecule has 0 amide bonds. The van der Waals surface area contributed by atoms with E-state index in [0.29, 0.717) is 17.2 Å². The molecule has 0 bridgehead atoms. The molecule has 5 heteroatoms. The number of anilines is 2. The van der Waals surface area contributed by atoms with Gasteiger partial charge in [-0.2, -0.15) is 0 Å². The van der Waals surface area contributed by atoms with Crippen molar-refractivity contribution in [1.82, 2.24) is 9.97 Å². The number of nitrogens with zero attached hydrogens (tertiary/aromatic N) is 2. The summed E-state index contributed by atoms with van der Waals surface area (Å²) in [6.07, 6.45) is 1.42. The number of hydrogen-bond donors (Lipinski definition) is 2. The van der Waals surface area contributed by atoms with Crippen LogP contribution in [0.2, 0.25) is 0 Å². The summed E-state index contributed by atoms with van der Waals surface area (Å²) in [7, 11) is 1.73. The highest BCUT2D eigenvalue weighted by Crippen LogP contribution is 2.27. The van der Waals surface area contributed by atoms with Crippen LogP contribution in [0.1, 0.15) is 0 Å². The highest BCUT2D eigenvalue weighted by Gasteiger charge is 2.08. The van der Waals surface area contributed by atoms with Crippen molar-refractivity contribution >= 4 is 11.5 Å². The van der Waals surface area contributed by atoms with Crippen molar-refractivity contribution in [2.45, 2.75) is 0 Å². The first-order valence-electron chi connectivity index (χ1n) is 4.76. The maximum Gasteiger partial charge on any atom is 0.153 e. The van der Waals surface area contributed by atoms with E-state index in [1.165, 1.54) is 18.5 Å². The molecule has 0 fully saturated rings. The van der Waals surface area contributed by atoms with Gasteiger partial charge in [0.15, 0.2) is 5.82 Å². The summed E-state index contributed by atoms with van der Waals surface area (Å²) in [5.41, 5.74) is 7.70. The molecule has 1 aromatic heterocycles. The lowest BCUT2D eigenvalue weighted by Gasteiger charge is -2.08. The third kappa shape index (κ3) is 1.79. The van der Waals surface area contributed by atoms with Crippen LogP contribution in [-0.4, -0.2) is 17.0 Å². The SMILES string of the molecule is CNc1ncnc(-c2ccc(F)cc2)c1N. The molecule has 0 aliphatic heterocycles. The van der Waals surface area contributed by atoms with Crippen molar-refractivity contribution < 1.29 is 4.39 Å². The molecule has 0 unspecified atom stereocenters. The maximum atomic E-state index is 12.8. The van der Waals surface area contributed by atoms with Crippen molar-refractivity contribution in [3.8, 4) is 11.3 Å². The van der Waals surface area contributed by atoms with Gasteiger partial charge in [-0.25, -0.2) is 14.4 Å². The van der Waals surface area contributed by atoms with Crippen LogP contribution in [0.15, 0.2) is 30.6 Å². The minimum absolute atomic E-state index is 0.287. The molecule has 3 N–H and O–H groups in total. The smallest absolute Gasteiger partial charge is 0.153 e. The summed E-state index contributed by atoms with van der Waals surface area (Å²) in [4.78, 5) is 8.07.